The number of thiophene rings is 1. The zero-order valence-corrected chi connectivity index (χ0v) is 17.7. The fourth-order valence-electron chi connectivity index (χ4n) is 5.27. The summed E-state index contributed by atoms with van der Waals surface area (Å²) in [6, 6.07) is 19.8. The molecule has 2 saturated heterocycles. The molecule has 2 aliphatic heterocycles. The number of hydrogen-bond donors (Lipinski definition) is 0. The van der Waals surface area contributed by atoms with Gasteiger partial charge in [-0.15, -0.1) is 11.3 Å². The molecular formula is C25H26F2N2S. The molecule has 0 amide bonds. The molecule has 2 fully saturated rings. The summed E-state index contributed by atoms with van der Waals surface area (Å²) >= 11 is 1.80. The molecule has 0 bridgehead atoms. The van der Waals surface area contributed by atoms with Crippen molar-refractivity contribution < 1.29 is 8.78 Å². The van der Waals surface area contributed by atoms with Gasteiger partial charge in [-0.25, -0.2) is 8.78 Å². The van der Waals surface area contributed by atoms with Crippen LogP contribution in [0.25, 0.3) is 0 Å². The van der Waals surface area contributed by atoms with Gasteiger partial charge in [0.05, 0.1) is 0 Å². The molecular weight excluding hydrogens is 398 g/mol. The Kier molecular flexibility index (Phi) is 5.68. The Bertz CT molecular complexity index is 976. The molecule has 3 heterocycles. The lowest BCUT2D eigenvalue weighted by atomic mass is 9.81. The summed E-state index contributed by atoms with van der Waals surface area (Å²) in [6.45, 7) is 4.85. The van der Waals surface area contributed by atoms with Crippen molar-refractivity contribution >= 4 is 11.3 Å². The summed E-state index contributed by atoms with van der Waals surface area (Å²) in [7, 11) is 0. The molecule has 2 aromatic carbocycles. The Morgan fingerprint density at radius 1 is 0.900 bits per heavy atom. The number of benzene rings is 2. The van der Waals surface area contributed by atoms with Crippen molar-refractivity contribution in [1.29, 1.82) is 0 Å². The van der Waals surface area contributed by atoms with E-state index in [1.165, 1.54) is 22.6 Å². The monoisotopic (exact) mass is 424 g/mol. The summed E-state index contributed by atoms with van der Waals surface area (Å²) < 4.78 is 27.6. The van der Waals surface area contributed by atoms with Gasteiger partial charge in [0.15, 0.2) is 11.6 Å². The minimum absolute atomic E-state index is 0.222. The second-order valence-corrected chi connectivity index (χ2v) is 9.56. The largest absolute Gasteiger partial charge is 0.298 e. The first-order chi connectivity index (χ1) is 14.7. The van der Waals surface area contributed by atoms with E-state index in [0.29, 0.717) is 12.0 Å². The van der Waals surface area contributed by atoms with Crippen molar-refractivity contribution in [2.24, 2.45) is 5.92 Å². The summed E-state index contributed by atoms with van der Waals surface area (Å²) in [6.07, 6.45) is 1.11. The zero-order chi connectivity index (χ0) is 20.5. The summed E-state index contributed by atoms with van der Waals surface area (Å²) in [4.78, 5) is 6.48. The highest BCUT2D eigenvalue weighted by Gasteiger charge is 2.45. The molecule has 0 saturated carbocycles. The number of halogens is 2. The maximum absolute atomic E-state index is 14.0. The Morgan fingerprint density at radius 3 is 2.53 bits per heavy atom. The van der Waals surface area contributed by atoms with E-state index in [-0.39, 0.29) is 5.92 Å². The van der Waals surface area contributed by atoms with Crippen LogP contribution in [0.5, 0.6) is 0 Å². The van der Waals surface area contributed by atoms with Crippen LogP contribution in [0.15, 0.2) is 66.0 Å². The molecule has 156 valence electrons. The molecule has 0 unspecified atom stereocenters. The standard InChI is InChI=1S/C25H26F2N2S/c26-23-9-8-19(13-24(23)27)21-17-29(14-18-5-2-1-3-6-18)25-10-11-28(16-22(21)25)15-20-7-4-12-30-20/h1-9,12-13,21-22,25H,10-11,14-17H2/t21-,22-,25-/m0/s1. The number of nitrogens with zero attached hydrogens (tertiary/aromatic N) is 2. The molecule has 5 rings (SSSR count). The van der Waals surface area contributed by atoms with Gasteiger partial charge < -0.3 is 0 Å². The second kappa shape index (κ2) is 8.58. The number of hydrogen-bond acceptors (Lipinski definition) is 3. The quantitative estimate of drug-likeness (QED) is 0.532. The van der Waals surface area contributed by atoms with E-state index in [0.717, 1.165) is 44.7 Å². The highest BCUT2D eigenvalue weighted by molar-refractivity contribution is 7.09. The van der Waals surface area contributed by atoms with Crippen LogP contribution in [0.3, 0.4) is 0 Å². The Balaban J connectivity index is 1.40. The first kappa shape index (κ1) is 19.9. The van der Waals surface area contributed by atoms with Gasteiger partial charge in [-0.1, -0.05) is 42.5 Å². The highest BCUT2D eigenvalue weighted by atomic mass is 32.1. The summed E-state index contributed by atoms with van der Waals surface area (Å²) in [5.41, 5.74) is 2.24. The van der Waals surface area contributed by atoms with Gasteiger partial charge in [-0.3, -0.25) is 9.80 Å². The van der Waals surface area contributed by atoms with Crippen molar-refractivity contribution in [3.8, 4) is 0 Å². The molecule has 0 spiro atoms. The SMILES string of the molecule is Fc1ccc([C@@H]2CN(Cc3ccccc3)[C@H]3CCN(Cc4cccs4)C[C@@H]23)cc1F. The van der Waals surface area contributed by atoms with E-state index in [1.54, 1.807) is 17.4 Å². The predicted octanol–water partition coefficient (Wildman–Crippen LogP) is 5.52. The number of rotatable bonds is 5. The third kappa shape index (κ3) is 4.07. The molecule has 3 aromatic rings. The first-order valence-electron chi connectivity index (χ1n) is 10.6. The van der Waals surface area contributed by atoms with Gasteiger partial charge >= 0.3 is 0 Å². The minimum Gasteiger partial charge on any atom is -0.298 e. The van der Waals surface area contributed by atoms with Gasteiger partial charge in [0, 0.05) is 49.6 Å². The number of fused-ring (bicyclic) bond motifs is 1. The van der Waals surface area contributed by atoms with Crippen LogP contribution in [-0.4, -0.2) is 35.5 Å². The van der Waals surface area contributed by atoms with Crippen LogP contribution in [-0.2, 0) is 13.1 Å². The molecule has 0 aliphatic carbocycles. The molecule has 30 heavy (non-hydrogen) atoms. The lowest BCUT2D eigenvalue weighted by molar-refractivity contribution is 0.101. The molecule has 2 nitrogen and oxygen atoms in total. The van der Waals surface area contributed by atoms with Crippen molar-refractivity contribution in [2.75, 3.05) is 19.6 Å². The predicted molar refractivity (Wildman–Crippen MR) is 117 cm³/mol. The molecule has 3 atom stereocenters. The Hall–Kier alpha value is -2.08. The normalized spacial score (nSPS) is 24.8. The van der Waals surface area contributed by atoms with E-state index < -0.39 is 11.6 Å². The fraction of sp³-hybridized carbons (Fsp3) is 0.360. The molecule has 0 N–H and O–H groups in total. The van der Waals surface area contributed by atoms with Crippen LogP contribution in [0.2, 0.25) is 0 Å². The summed E-state index contributed by atoms with van der Waals surface area (Å²) in [5, 5.41) is 2.13. The highest BCUT2D eigenvalue weighted by Crippen LogP contribution is 2.42. The Morgan fingerprint density at radius 2 is 1.77 bits per heavy atom. The number of piperidine rings is 1. The van der Waals surface area contributed by atoms with Gasteiger partial charge in [0.25, 0.3) is 0 Å². The van der Waals surface area contributed by atoms with E-state index in [2.05, 4.69) is 51.6 Å². The zero-order valence-electron chi connectivity index (χ0n) is 16.9. The van der Waals surface area contributed by atoms with E-state index in [1.807, 2.05) is 6.07 Å². The van der Waals surface area contributed by atoms with E-state index in [4.69, 9.17) is 0 Å². The van der Waals surface area contributed by atoms with Crippen LogP contribution in [0.1, 0.15) is 28.3 Å². The third-order valence-electron chi connectivity index (χ3n) is 6.68. The van der Waals surface area contributed by atoms with E-state index in [9.17, 15) is 8.78 Å². The van der Waals surface area contributed by atoms with Crippen molar-refractivity contribution in [1.82, 2.24) is 9.80 Å². The van der Waals surface area contributed by atoms with Crippen molar-refractivity contribution in [3.63, 3.8) is 0 Å². The molecule has 5 heteroatoms. The minimum atomic E-state index is -0.766. The van der Waals surface area contributed by atoms with Crippen LogP contribution < -0.4 is 0 Å². The van der Waals surface area contributed by atoms with Crippen LogP contribution in [0.4, 0.5) is 8.78 Å². The summed E-state index contributed by atoms with van der Waals surface area (Å²) in [5.74, 6) is -0.860. The van der Waals surface area contributed by atoms with Crippen molar-refractivity contribution in [3.05, 3.63) is 93.7 Å². The van der Waals surface area contributed by atoms with Gasteiger partial charge in [0.1, 0.15) is 0 Å². The molecule has 0 radical (unpaired) electrons. The smallest absolute Gasteiger partial charge is 0.159 e. The Labute approximate surface area is 180 Å². The maximum atomic E-state index is 14.0. The lowest BCUT2D eigenvalue weighted by Crippen LogP contribution is -2.45. The number of likely N-dealkylation sites (tertiary alicyclic amines) is 2. The van der Waals surface area contributed by atoms with Gasteiger partial charge in [-0.2, -0.15) is 0 Å². The van der Waals surface area contributed by atoms with Crippen LogP contribution in [0, 0.1) is 17.6 Å². The lowest BCUT2D eigenvalue weighted by Gasteiger charge is -2.39. The topological polar surface area (TPSA) is 6.48 Å². The van der Waals surface area contributed by atoms with Gasteiger partial charge in [-0.05, 0) is 47.0 Å². The second-order valence-electron chi connectivity index (χ2n) is 8.53. The van der Waals surface area contributed by atoms with E-state index >= 15 is 0 Å². The average Bonchev–Trinajstić information content (AvgIpc) is 3.39. The fourth-order valence-corrected chi connectivity index (χ4v) is 6.02. The van der Waals surface area contributed by atoms with Gasteiger partial charge in [0.2, 0.25) is 0 Å². The molecule has 1 aromatic heterocycles. The van der Waals surface area contributed by atoms with Crippen LogP contribution >= 0.6 is 11.3 Å². The maximum Gasteiger partial charge on any atom is 0.159 e. The first-order valence-corrected chi connectivity index (χ1v) is 11.5. The molecule has 2 aliphatic rings. The van der Waals surface area contributed by atoms with Crippen molar-refractivity contribution in [2.45, 2.75) is 31.5 Å². The third-order valence-corrected chi connectivity index (χ3v) is 7.54. The average molecular weight is 425 g/mol.